The first-order valence-electron chi connectivity index (χ1n) is 5.28. The molecule has 0 aliphatic rings. The molecule has 0 unspecified atom stereocenters. The number of nitrogens with zero attached hydrogens (tertiary/aromatic N) is 3. The van der Waals surface area contributed by atoms with Crippen molar-refractivity contribution < 1.29 is 0 Å². The fourth-order valence-electron chi connectivity index (χ4n) is 1.37. The summed E-state index contributed by atoms with van der Waals surface area (Å²) in [5.41, 5.74) is 6.41. The minimum atomic E-state index is 0.505. The van der Waals surface area contributed by atoms with Crippen molar-refractivity contribution >= 4 is 17.5 Å². The zero-order chi connectivity index (χ0) is 12.1. The molecule has 1 rings (SSSR count). The van der Waals surface area contributed by atoms with Crippen molar-refractivity contribution in [3.05, 3.63) is 19.0 Å². The van der Waals surface area contributed by atoms with Gasteiger partial charge in [0.15, 0.2) is 5.82 Å². The number of rotatable bonds is 5. The third-order valence-electron chi connectivity index (χ3n) is 2.07. The minimum Gasteiger partial charge on any atom is -0.394 e. The van der Waals surface area contributed by atoms with Crippen LogP contribution in [0.25, 0.3) is 0 Å². The van der Waals surface area contributed by atoms with Crippen molar-refractivity contribution in [2.75, 3.05) is 29.5 Å². The van der Waals surface area contributed by atoms with Crippen LogP contribution in [0.2, 0.25) is 0 Å². The van der Waals surface area contributed by atoms with Crippen LogP contribution in [-0.2, 0) is 0 Å². The van der Waals surface area contributed by atoms with Gasteiger partial charge in [0.05, 0.1) is 11.9 Å². The molecule has 0 aliphatic heterocycles. The molecule has 0 spiro atoms. The van der Waals surface area contributed by atoms with Gasteiger partial charge in [-0.05, 0) is 12.1 Å². The van der Waals surface area contributed by atoms with E-state index in [2.05, 4.69) is 35.7 Å². The van der Waals surface area contributed by atoms with Gasteiger partial charge in [-0.1, -0.05) is 20.4 Å². The topological polar surface area (TPSA) is 67.1 Å². The summed E-state index contributed by atoms with van der Waals surface area (Å²) in [6, 6.07) is 0. The van der Waals surface area contributed by atoms with Crippen LogP contribution in [-0.4, -0.2) is 23.6 Å². The Kier molecular flexibility index (Phi) is 4.10. The first-order valence-corrected chi connectivity index (χ1v) is 5.28. The molecule has 0 aliphatic carbocycles. The molecule has 0 radical (unpaired) electrons. The van der Waals surface area contributed by atoms with E-state index in [9.17, 15) is 0 Å². The molecule has 3 N–H and O–H groups in total. The number of hydrogen-bond acceptors (Lipinski definition) is 5. The lowest BCUT2D eigenvalue weighted by Gasteiger charge is -2.22. The van der Waals surface area contributed by atoms with Gasteiger partial charge in [0.1, 0.15) is 0 Å². The fourth-order valence-corrected chi connectivity index (χ4v) is 1.37. The molecule has 1 heterocycles. The van der Waals surface area contributed by atoms with Crippen LogP contribution in [0, 0.1) is 5.92 Å². The van der Waals surface area contributed by atoms with Crippen molar-refractivity contribution in [1.29, 1.82) is 0 Å². The van der Waals surface area contributed by atoms with Crippen molar-refractivity contribution in [1.82, 2.24) is 9.97 Å². The van der Waals surface area contributed by atoms with E-state index in [0.29, 0.717) is 23.4 Å². The Morgan fingerprint density at radius 1 is 1.62 bits per heavy atom. The molecule has 0 saturated heterocycles. The van der Waals surface area contributed by atoms with Gasteiger partial charge in [-0.25, -0.2) is 4.98 Å². The molecule has 0 bridgehead atoms. The van der Waals surface area contributed by atoms with Crippen molar-refractivity contribution in [3.63, 3.8) is 0 Å². The summed E-state index contributed by atoms with van der Waals surface area (Å²) >= 11 is 0. The Balaban J connectivity index is 3.02. The molecule has 5 heteroatoms. The first-order chi connectivity index (χ1) is 7.58. The number of anilines is 3. The third kappa shape index (κ3) is 2.85. The summed E-state index contributed by atoms with van der Waals surface area (Å²) < 4.78 is 0. The number of nitrogen functional groups attached to an aromatic ring is 1. The molecule has 0 atom stereocenters. The van der Waals surface area contributed by atoms with E-state index in [-0.39, 0.29) is 0 Å². The lowest BCUT2D eigenvalue weighted by atomic mass is 10.2. The second-order valence-corrected chi connectivity index (χ2v) is 3.95. The second-order valence-electron chi connectivity index (χ2n) is 3.95. The third-order valence-corrected chi connectivity index (χ3v) is 2.07. The number of nitrogens with two attached hydrogens (primary N) is 1. The predicted octanol–water partition coefficient (Wildman–Crippen LogP) is 1.71. The summed E-state index contributed by atoms with van der Waals surface area (Å²) in [6.45, 7) is 8.87. The highest BCUT2D eigenvalue weighted by molar-refractivity contribution is 5.64. The highest BCUT2D eigenvalue weighted by Gasteiger charge is 2.11. The summed E-state index contributed by atoms with van der Waals surface area (Å²) in [5.74, 6) is 1.76. The Hall–Kier alpha value is -1.78. The van der Waals surface area contributed by atoms with E-state index in [1.165, 1.54) is 0 Å². The second kappa shape index (κ2) is 5.34. The van der Waals surface area contributed by atoms with Crippen LogP contribution in [0.15, 0.2) is 19.0 Å². The van der Waals surface area contributed by atoms with Crippen LogP contribution < -0.4 is 16.0 Å². The largest absolute Gasteiger partial charge is 0.394 e. The summed E-state index contributed by atoms with van der Waals surface area (Å²) in [4.78, 5) is 10.3. The van der Waals surface area contributed by atoms with Crippen LogP contribution in [0.5, 0.6) is 0 Å². The maximum atomic E-state index is 5.85. The molecule has 1 aromatic rings. The number of nitrogens with one attached hydrogen (secondary N) is 1. The van der Waals surface area contributed by atoms with Gasteiger partial charge in [0.2, 0.25) is 5.95 Å². The van der Waals surface area contributed by atoms with Crippen molar-refractivity contribution in [2.45, 2.75) is 13.8 Å². The van der Waals surface area contributed by atoms with Crippen LogP contribution in [0.3, 0.4) is 0 Å². The summed E-state index contributed by atoms with van der Waals surface area (Å²) in [6.07, 6.45) is 3.34. The van der Waals surface area contributed by atoms with Crippen LogP contribution >= 0.6 is 0 Å². The summed E-state index contributed by atoms with van der Waals surface area (Å²) in [7, 11) is 1.77. The summed E-state index contributed by atoms with van der Waals surface area (Å²) in [5, 5.41) is 2.89. The van der Waals surface area contributed by atoms with Gasteiger partial charge in [-0.3, -0.25) is 0 Å². The van der Waals surface area contributed by atoms with Gasteiger partial charge >= 0.3 is 0 Å². The molecule has 0 fully saturated rings. The maximum absolute atomic E-state index is 5.85. The van der Waals surface area contributed by atoms with E-state index in [1.54, 1.807) is 19.4 Å². The van der Waals surface area contributed by atoms with Crippen molar-refractivity contribution in [3.8, 4) is 0 Å². The highest BCUT2D eigenvalue weighted by Crippen LogP contribution is 2.21. The lowest BCUT2D eigenvalue weighted by Crippen LogP contribution is -2.23. The van der Waals surface area contributed by atoms with Gasteiger partial charge in [-0.15, -0.1) is 0 Å². The lowest BCUT2D eigenvalue weighted by molar-refractivity contribution is 0.646. The molecule has 0 saturated carbocycles. The quantitative estimate of drug-likeness (QED) is 0.792. The van der Waals surface area contributed by atoms with E-state index in [1.807, 2.05) is 4.90 Å². The van der Waals surface area contributed by atoms with Gasteiger partial charge in [-0.2, -0.15) is 4.98 Å². The predicted molar refractivity (Wildman–Crippen MR) is 68.4 cm³/mol. The van der Waals surface area contributed by atoms with Crippen LogP contribution in [0.1, 0.15) is 13.8 Å². The average molecular weight is 221 g/mol. The monoisotopic (exact) mass is 221 g/mol. The Labute approximate surface area is 96.4 Å². The van der Waals surface area contributed by atoms with Crippen molar-refractivity contribution in [2.24, 2.45) is 5.92 Å². The van der Waals surface area contributed by atoms with E-state index < -0.39 is 0 Å². The molecule has 1 aromatic heterocycles. The Bertz CT molecular complexity index is 361. The zero-order valence-electron chi connectivity index (χ0n) is 10.1. The van der Waals surface area contributed by atoms with Gasteiger partial charge < -0.3 is 16.0 Å². The number of hydrogen-bond donors (Lipinski definition) is 2. The average Bonchev–Trinajstić information content (AvgIpc) is 2.26. The molecular formula is C11H19N5. The zero-order valence-corrected chi connectivity index (χ0v) is 10.1. The van der Waals surface area contributed by atoms with Gasteiger partial charge in [0.25, 0.3) is 0 Å². The molecular weight excluding hydrogens is 202 g/mol. The van der Waals surface area contributed by atoms with Crippen LogP contribution in [0.4, 0.5) is 17.5 Å². The Morgan fingerprint density at radius 3 is 2.81 bits per heavy atom. The highest BCUT2D eigenvalue weighted by atomic mass is 15.2. The fraction of sp³-hybridized carbons (Fsp3) is 0.455. The minimum absolute atomic E-state index is 0.505. The van der Waals surface area contributed by atoms with E-state index in [0.717, 1.165) is 6.54 Å². The molecule has 0 aromatic carbocycles. The molecule has 88 valence electrons. The van der Waals surface area contributed by atoms with E-state index >= 15 is 0 Å². The Morgan fingerprint density at radius 2 is 2.31 bits per heavy atom. The molecule has 16 heavy (non-hydrogen) atoms. The van der Waals surface area contributed by atoms with Gasteiger partial charge in [0, 0.05) is 13.6 Å². The normalized spacial score (nSPS) is 10.2. The standard InChI is InChI=1S/C11H19N5/c1-5-16(7-8(2)3)10-9(12)6-14-11(13-4)15-10/h5-6,8H,1,7,12H2,2-4H3,(H,13,14,15). The number of aromatic nitrogens is 2. The molecule has 0 amide bonds. The molecule has 5 nitrogen and oxygen atoms in total. The van der Waals surface area contributed by atoms with E-state index in [4.69, 9.17) is 5.73 Å². The SMILES string of the molecule is C=CN(CC(C)C)c1nc(NC)ncc1N. The first kappa shape index (κ1) is 12.3. The maximum Gasteiger partial charge on any atom is 0.224 e. The smallest absolute Gasteiger partial charge is 0.224 e.